The van der Waals surface area contributed by atoms with E-state index in [2.05, 4.69) is 54.8 Å². The average molecular weight is 1920 g/mol. The van der Waals surface area contributed by atoms with E-state index in [-0.39, 0.29) is 45.0 Å². The van der Waals surface area contributed by atoms with Gasteiger partial charge in [-0.05, 0) is 303 Å². The highest BCUT2D eigenvalue weighted by Gasteiger charge is 2.23. The summed E-state index contributed by atoms with van der Waals surface area (Å²) in [4.78, 5) is 113. The van der Waals surface area contributed by atoms with Gasteiger partial charge in [0.15, 0.2) is 22.1 Å². The quantitative estimate of drug-likeness (QED) is 0.0627. The Bertz CT molecular complexity index is 10800. The first-order chi connectivity index (χ1) is 72.5. The van der Waals surface area contributed by atoms with Gasteiger partial charge in [0.05, 0.1) is 101 Å². The number of phenols is 5. The molecule has 3 aliphatic carbocycles. The van der Waals surface area contributed by atoms with Crippen molar-refractivity contribution in [3.05, 3.63) is 424 Å². The van der Waals surface area contributed by atoms with Crippen LogP contribution >= 0.6 is 0 Å². The Morgan fingerprint density at radius 1 is 0.264 bits per heavy atom. The first-order valence-corrected chi connectivity index (χ1v) is 47.7. The topological polar surface area (TPSA) is 410 Å². The van der Waals surface area contributed by atoms with Gasteiger partial charge in [0.1, 0.15) is 45.7 Å². The van der Waals surface area contributed by atoms with Crippen molar-refractivity contribution >= 4 is 227 Å². The maximum Gasteiger partial charge on any atom is 0.197 e. The van der Waals surface area contributed by atoms with E-state index in [1.807, 2.05) is 346 Å². The van der Waals surface area contributed by atoms with Crippen molar-refractivity contribution in [2.45, 2.75) is 0 Å². The lowest BCUT2D eigenvalue weighted by atomic mass is 10.0. The molecule has 0 spiro atoms. The number of hydrogen-bond acceptors (Lipinski definition) is 17. The van der Waals surface area contributed by atoms with Crippen molar-refractivity contribution in [1.29, 1.82) is 0 Å². The molecule has 0 saturated heterocycles. The van der Waals surface area contributed by atoms with Crippen LogP contribution in [0.25, 0.3) is 267 Å². The summed E-state index contributed by atoms with van der Waals surface area (Å²) >= 11 is 0. The Morgan fingerprint density at radius 3 is 1.30 bits per heavy atom. The van der Waals surface area contributed by atoms with E-state index >= 15 is 0 Å². The van der Waals surface area contributed by atoms with Crippen LogP contribution in [-0.2, 0) is 0 Å². The van der Waals surface area contributed by atoms with Crippen molar-refractivity contribution in [3.63, 3.8) is 0 Å². The number of rotatable bonds is 0. The van der Waals surface area contributed by atoms with Crippen LogP contribution in [0.3, 0.4) is 0 Å². The van der Waals surface area contributed by atoms with E-state index in [9.17, 15) is 39.9 Å². The van der Waals surface area contributed by atoms with Crippen LogP contribution in [0.15, 0.2) is 335 Å². The van der Waals surface area contributed by atoms with Gasteiger partial charge in [-0.15, -0.1) is 0 Å². The van der Waals surface area contributed by atoms with Gasteiger partial charge in [0.2, 0.25) is 0 Å². The molecule has 0 fully saturated rings. The molecule has 704 valence electrons. The molecule has 8 aliphatic rings. The minimum absolute atomic E-state index is 0.0430. The Labute approximate surface area is 835 Å². The SMILES string of the molecule is O=c1c2c3ccc(cc4ccc([nH]4)c4cccc(c5nc(cc6ccc([nH]6)c1=CC=C2)C=C5)c4O)[nH]3.O=c1c2c3nc(nc4ccc([nH]4)c4c(=O)c(c5ccc([nH]c6ccc([nH]6)c1=CC=C2)[nH]5)=CC=C4)C=C3.Oc1c2cccc1-c1cccc(n1)-c1cccc(n1)-c1cccc(c1O)-c1ccc([nH]1)C=C1C=CC2=N1.Oc1c2cccc1c1ccc3ccc4ccc(nc4c3n1)c1cccc(c1O)c1ccc(cc3nc2C=C3)[nH]1. The van der Waals surface area contributed by atoms with Gasteiger partial charge < -0.3 is 70.4 Å². The highest BCUT2D eigenvalue weighted by molar-refractivity contribution is 6.15. The first kappa shape index (κ1) is 87.2. The zero-order chi connectivity index (χ0) is 99.5. The van der Waals surface area contributed by atoms with Crippen molar-refractivity contribution < 1.29 is 25.5 Å². The number of aromatic nitrogens is 17. The lowest BCUT2D eigenvalue weighted by molar-refractivity contribution is 0.476. The van der Waals surface area contributed by atoms with E-state index in [0.717, 1.165) is 94.4 Å². The number of fused-ring (bicyclic) bond motifs is 62. The van der Waals surface area contributed by atoms with Crippen molar-refractivity contribution in [3.8, 4) is 73.9 Å². The molecular weight excluding hydrogens is 1850 g/mol. The molecule has 29 rings (SSSR count). The third-order valence-electron chi connectivity index (χ3n) is 27.0. The molecule has 48 bridgehead atoms. The fraction of sp³-hybridized carbons (Fsp3) is 0. The van der Waals surface area contributed by atoms with Gasteiger partial charge in [-0.3, -0.25) is 14.4 Å². The van der Waals surface area contributed by atoms with Crippen molar-refractivity contribution in [2.24, 2.45) is 4.99 Å². The minimum Gasteiger partial charge on any atom is -0.507 e. The Hall–Kier alpha value is -21.1. The van der Waals surface area contributed by atoms with Gasteiger partial charge in [-0.25, -0.2) is 44.9 Å². The molecule has 20 heterocycles. The van der Waals surface area contributed by atoms with Crippen LogP contribution in [0.5, 0.6) is 28.7 Å². The van der Waals surface area contributed by atoms with Crippen LogP contribution in [0, 0.1) is 0 Å². The highest BCUT2D eigenvalue weighted by Crippen LogP contribution is 2.42. The molecule has 0 atom stereocenters. The van der Waals surface area contributed by atoms with Crippen LogP contribution in [-0.4, -0.2) is 116 Å². The number of para-hydroxylation sites is 5. The predicted molar refractivity (Wildman–Crippen MR) is 594 cm³/mol. The van der Waals surface area contributed by atoms with Crippen molar-refractivity contribution in [2.75, 3.05) is 0 Å². The summed E-state index contributed by atoms with van der Waals surface area (Å²) in [5.74, 6) is 1.20. The molecule has 15 aromatic heterocycles. The highest BCUT2D eigenvalue weighted by atomic mass is 16.3. The van der Waals surface area contributed by atoms with Gasteiger partial charge in [-0.2, -0.15) is 0 Å². The number of allylic oxidation sites excluding steroid dienone is 5. The smallest absolute Gasteiger partial charge is 0.197 e. The van der Waals surface area contributed by atoms with Crippen LogP contribution in [0.2, 0.25) is 0 Å². The zero-order valence-corrected chi connectivity index (χ0v) is 77.9. The van der Waals surface area contributed by atoms with E-state index in [1.54, 1.807) is 42.5 Å². The fourth-order valence-electron chi connectivity index (χ4n) is 19.6. The van der Waals surface area contributed by atoms with Gasteiger partial charge in [0, 0.05) is 153 Å². The summed E-state index contributed by atoms with van der Waals surface area (Å²) in [7, 11) is 0. The minimum atomic E-state index is -0.115. The number of nitrogens with zero attached hydrogens (tertiary/aromatic N) is 9. The number of benzene rings is 6. The summed E-state index contributed by atoms with van der Waals surface area (Å²) in [6.07, 6.45) is 33.3. The summed E-state index contributed by atoms with van der Waals surface area (Å²) in [5, 5.41) is 63.8. The molecule has 0 radical (unpaired) electrons. The molecule has 5 aliphatic heterocycles. The molecule has 21 aromatic rings. The first-order valence-electron chi connectivity index (χ1n) is 47.7. The molecule has 0 saturated carbocycles. The lowest BCUT2D eigenvalue weighted by Crippen LogP contribution is -2.27. The number of aromatic hydroxyl groups is 5. The standard InChI is InChI=1S/C33H20N4O2.C31H20N4O2.C30H20N4O2.C28H18N6O2/c38-32-22-3-1-5-24(32)28-13-9-18-7-8-19-10-14-29(37-31(19)30(18)36-28)25-6-2-4-23(33(25)39)27-16-12-21(35-27)17-20-11-15-26(22)34-20;36-30-20-5-1-7-22(30)26-15-13-18(32-26)17-19-14-16-27(33-19)23-8-2-6-21(31(23)37)25-10-4-12-29(35-25)28-11-3-9-24(20)34-28;35-29-21-3-1-4-22(29)26-12-8-18(32-26)16-20-10-14-28(34-20)24-6-2-5-23(30(24)36)27-13-9-19(33-27)15-17-7-11-25(21)31-17;35-27-15-3-1-4-16(27)20-8-12-24(30-20)34-26-14-10-22(32-26)18-6-2-5-17(28(18)36)21-9-13-25(31-21)33-23-11-7-19(15)29-23/h1-17,34,38-39H;1-17,32,36-37H;1-16,31-33,36H;1-14,29,31,33H,(H,30,32,34). The number of hydrogen-bond donors (Lipinski definition) is 14. The Balaban J connectivity index is 0.0000000999. The van der Waals surface area contributed by atoms with Gasteiger partial charge in [-0.1, -0.05) is 85.0 Å². The summed E-state index contributed by atoms with van der Waals surface area (Å²) in [6, 6.07) is 87.7. The maximum absolute atomic E-state index is 13.4. The number of H-pyrrole nitrogens is 9. The average Bonchev–Trinajstić information content (AvgIpc) is 1.41. The molecule has 26 heteroatoms. The van der Waals surface area contributed by atoms with E-state index in [1.165, 1.54) is 0 Å². The largest absolute Gasteiger partial charge is 0.507 e. The molecular formula is C122H78N18O8. The predicted octanol–water partition coefficient (Wildman–Crippen LogP) is 22.7. The monoisotopic (exact) mass is 1920 g/mol. The number of aromatic amines is 9. The van der Waals surface area contributed by atoms with Gasteiger partial charge >= 0.3 is 0 Å². The summed E-state index contributed by atoms with van der Waals surface area (Å²) in [6.45, 7) is 0. The van der Waals surface area contributed by atoms with E-state index < -0.39 is 0 Å². The van der Waals surface area contributed by atoms with E-state index in [4.69, 9.17) is 34.9 Å². The summed E-state index contributed by atoms with van der Waals surface area (Å²) < 4.78 is 0. The Kier molecular flexibility index (Phi) is 21.0. The van der Waals surface area contributed by atoms with Crippen LogP contribution in [0.1, 0.15) is 62.2 Å². The fourth-order valence-corrected chi connectivity index (χ4v) is 19.6. The second-order valence-electron chi connectivity index (χ2n) is 36.2. The number of pyridine rings is 4. The number of aliphatic imine (C=N–C) groups is 1. The van der Waals surface area contributed by atoms with Crippen molar-refractivity contribution in [1.82, 2.24) is 84.7 Å². The van der Waals surface area contributed by atoms with Crippen LogP contribution in [0.4, 0.5) is 0 Å². The molecule has 0 unspecified atom stereocenters. The van der Waals surface area contributed by atoms with Gasteiger partial charge in [0.25, 0.3) is 0 Å². The number of phenolic OH excluding ortho intramolecular Hbond substituents is 5. The third-order valence-corrected chi connectivity index (χ3v) is 27.0. The van der Waals surface area contributed by atoms with E-state index in [0.29, 0.717) is 183 Å². The molecule has 14 N–H and O–H groups in total. The molecule has 6 aromatic carbocycles. The third kappa shape index (κ3) is 16.0. The zero-order valence-electron chi connectivity index (χ0n) is 77.9. The van der Waals surface area contributed by atoms with Crippen LogP contribution < -0.4 is 31.9 Å². The second kappa shape index (κ2) is 35.6. The Morgan fingerprint density at radius 2 is 0.703 bits per heavy atom. The number of nitrogens with one attached hydrogen (secondary N) is 9. The normalized spacial score (nSPS) is 12.9. The molecule has 148 heavy (non-hydrogen) atoms. The molecule has 26 nitrogen and oxygen atoms in total. The summed E-state index contributed by atoms with van der Waals surface area (Å²) in [5.41, 5.74) is 26.3. The lowest BCUT2D eigenvalue weighted by Gasteiger charge is -2.11. The second-order valence-corrected chi connectivity index (χ2v) is 36.2. The molecule has 0 amide bonds. The maximum atomic E-state index is 13.4.